The number of pyridine rings is 1. The van der Waals surface area contributed by atoms with Crippen molar-refractivity contribution < 1.29 is 14.1 Å². The monoisotopic (exact) mass is 330 g/mol. The quantitative estimate of drug-likeness (QED) is 0.896. The van der Waals surface area contributed by atoms with Crippen LogP contribution in [-0.2, 0) is 4.74 Å². The van der Waals surface area contributed by atoms with E-state index in [2.05, 4.69) is 34.2 Å². The molecule has 128 valence electrons. The molecule has 2 aromatic heterocycles. The molecule has 2 aromatic rings. The fourth-order valence-corrected chi connectivity index (χ4v) is 2.69. The second-order valence-corrected chi connectivity index (χ2v) is 6.41. The van der Waals surface area contributed by atoms with E-state index in [9.17, 15) is 4.79 Å². The summed E-state index contributed by atoms with van der Waals surface area (Å²) in [4.78, 5) is 18.7. The van der Waals surface area contributed by atoms with Crippen LogP contribution in [0.25, 0.3) is 11.3 Å². The van der Waals surface area contributed by atoms with E-state index >= 15 is 0 Å². The Bertz CT molecular complexity index is 678. The van der Waals surface area contributed by atoms with Gasteiger partial charge in [-0.05, 0) is 26.0 Å². The molecule has 0 bridgehead atoms. The van der Waals surface area contributed by atoms with Crippen LogP contribution in [0.5, 0.6) is 0 Å². The molecule has 7 nitrogen and oxygen atoms in total. The summed E-state index contributed by atoms with van der Waals surface area (Å²) in [6.45, 7) is 7.96. The first-order chi connectivity index (χ1) is 11.6. The fraction of sp³-hybridized carbons (Fsp3) is 0.471. The molecule has 0 aliphatic carbocycles. The van der Waals surface area contributed by atoms with Crippen LogP contribution in [0.3, 0.4) is 0 Å². The van der Waals surface area contributed by atoms with Crippen molar-refractivity contribution >= 4 is 5.91 Å². The van der Waals surface area contributed by atoms with Gasteiger partial charge in [0.05, 0.1) is 13.2 Å². The Hall–Kier alpha value is -2.25. The van der Waals surface area contributed by atoms with Crippen LogP contribution in [0.1, 0.15) is 24.3 Å². The van der Waals surface area contributed by atoms with E-state index in [0.29, 0.717) is 12.3 Å². The molecule has 0 unspecified atom stereocenters. The van der Waals surface area contributed by atoms with Crippen molar-refractivity contribution in [3.8, 4) is 11.3 Å². The molecule has 0 aromatic carbocycles. The van der Waals surface area contributed by atoms with Crippen LogP contribution < -0.4 is 5.32 Å². The van der Waals surface area contributed by atoms with Gasteiger partial charge in [-0.3, -0.25) is 14.7 Å². The Kier molecular flexibility index (Phi) is 4.92. The number of ether oxygens (including phenoxy) is 1. The third-order valence-corrected chi connectivity index (χ3v) is 4.24. The number of carbonyl (C=O) groups excluding carboxylic acids is 1. The molecule has 0 spiro atoms. The molecule has 1 saturated heterocycles. The molecule has 1 N–H and O–H groups in total. The Morgan fingerprint density at radius 3 is 2.88 bits per heavy atom. The van der Waals surface area contributed by atoms with Gasteiger partial charge in [0, 0.05) is 49.2 Å². The number of nitrogens with zero attached hydrogens (tertiary/aromatic N) is 3. The topological polar surface area (TPSA) is 80.5 Å². The predicted octanol–water partition coefficient (Wildman–Crippen LogP) is 1.58. The maximum Gasteiger partial charge on any atom is 0.273 e. The number of amides is 1. The molecular formula is C17H22N4O3. The fourth-order valence-electron chi connectivity index (χ4n) is 2.69. The maximum atomic E-state index is 12.3. The number of morpholine rings is 1. The molecule has 1 fully saturated rings. The second kappa shape index (κ2) is 7.11. The van der Waals surface area contributed by atoms with E-state index in [4.69, 9.17) is 9.26 Å². The summed E-state index contributed by atoms with van der Waals surface area (Å²) in [7, 11) is 0. The van der Waals surface area contributed by atoms with Crippen LogP contribution >= 0.6 is 0 Å². The van der Waals surface area contributed by atoms with Crippen molar-refractivity contribution in [2.24, 2.45) is 0 Å². The summed E-state index contributed by atoms with van der Waals surface area (Å²) in [5.41, 5.74) is 0.916. The number of hydrogen-bond donors (Lipinski definition) is 1. The molecule has 24 heavy (non-hydrogen) atoms. The van der Waals surface area contributed by atoms with Crippen molar-refractivity contribution in [1.29, 1.82) is 0 Å². The lowest BCUT2D eigenvalue weighted by atomic mass is 10.0. The Morgan fingerprint density at radius 1 is 1.38 bits per heavy atom. The number of aromatic nitrogens is 2. The smallest absolute Gasteiger partial charge is 0.273 e. The van der Waals surface area contributed by atoms with Crippen molar-refractivity contribution in [3.63, 3.8) is 0 Å². The molecular weight excluding hydrogens is 308 g/mol. The lowest BCUT2D eigenvalue weighted by Gasteiger charge is -2.40. The van der Waals surface area contributed by atoms with Gasteiger partial charge in [-0.25, -0.2) is 0 Å². The minimum Gasteiger partial charge on any atom is -0.379 e. The first kappa shape index (κ1) is 16.6. The van der Waals surface area contributed by atoms with Gasteiger partial charge in [0.2, 0.25) is 0 Å². The van der Waals surface area contributed by atoms with Gasteiger partial charge in [0.1, 0.15) is 0 Å². The Balaban J connectivity index is 1.60. The van der Waals surface area contributed by atoms with E-state index in [1.807, 2.05) is 12.1 Å². The van der Waals surface area contributed by atoms with Crippen molar-refractivity contribution in [1.82, 2.24) is 20.4 Å². The molecule has 1 amide bonds. The van der Waals surface area contributed by atoms with E-state index in [-0.39, 0.29) is 17.1 Å². The van der Waals surface area contributed by atoms with E-state index in [0.717, 1.165) is 31.9 Å². The number of hydrogen-bond acceptors (Lipinski definition) is 6. The molecule has 0 radical (unpaired) electrons. The molecule has 0 atom stereocenters. The lowest BCUT2D eigenvalue weighted by Crippen LogP contribution is -2.55. The van der Waals surface area contributed by atoms with Crippen molar-refractivity contribution in [3.05, 3.63) is 36.3 Å². The van der Waals surface area contributed by atoms with Crippen LogP contribution in [0.2, 0.25) is 0 Å². The van der Waals surface area contributed by atoms with Crippen molar-refractivity contribution in [2.45, 2.75) is 19.4 Å². The van der Waals surface area contributed by atoms with Crippen LogP contribution in [0.4, 0.5) is 0 Å². The number of rotatable bonds is 5. The standard InChI is InChI=1S/C17H22N4O3/c1-17(2,21-6-8-23-9-7-21)12-19-16(22)14-10-15(24-20-14)13-4-3-5-18-11-13/h3-5,10-11H,6-9,12H2,1-2H3,(H,19,22). The molecule has 3 heterocycles. The SMILES string of the molecule is CC(C)(CNC(=O)c1cc(-c2cccnc2)on1)N1CCOCC1. The maximum absolute atomic E-state index is 12.3. The van der Waals surface area contributed by atoms with Crippen LogP contribution in [0.15, 0.2) is 35.1 Å². The normalized spacial score (nSPS) is 16.1. The average molecular weight is 330 g/mol. The zero-order valence-corrected chi connectivity index (χ0v) is 14.0. The Labute approximate surface area is 141 Å². The number of carbonyl (C=O) groups is 1. The van der Waals surface area contributed by atoms with E-state index < -0.39 is 0 Å². The minimum atomic E-state index is -0.241. The van der Waals surface area contributed by atoms with Gasteiger partial charge in [0.25, 0.3) is 5.91 Å². The highest BCUT2D eigenvalue weighted by Gasteiger charge is 2.29. The predicted molar refractivity (Wildman–Crippen MR) is 88.5 cm³/mol. The molecule has 0 saturated carbocycles. The first-order valence-electron chi connectivity index (χ1n) is 8.04. The van der Waals surface area contributed by atoms with Gasteiger partial charge >= 0.3 is 0 Å². The molecule has 1 aliphatic heterocycles. The summed E-state index contributed by atoms with van der Waals surface area (Å²) < 4.78 is 10.6. The zero-order chi connectivity index (χ0) is 17.0. The third-order valence-electron chi connectivity index (χ3n) is 4.24. The lowest BCUT2D eigenvalue weighted by molar-refractivity contribution is -0.00925. The van der Waals surface area contributed by atoms with E-state index in [1.165, 1.54) is 0 Å². The summed E-state index contributed by atoms with van der Waals surface area (Å²) in [5.74, 6) is 0.288. The summed E-state index contributed by atoms with van der Waals surface area (Å²) in [6.07, 6.45) is 3.35. The summed E-state index contributed by atoms with van der Waals surface area (Å²) in [5, 5.41) is 6.80. The van der Waals surface area contributed by atoms with Gasteiger partial charge in [-0.2, -0.15) is 0 Å². The van der Waals surface area contributed by atoms with Gasteiger partial charge in [0.15, 0.2) is 11.5 Å². The average Bonchev–Trinajstić information content (AvgIpc) is 3.11. The number of nitrogens with one attached hydrogen (secondary N) is 1. The van der Waals surface area contributed by atoms with Gasteiger partial charge < -0.3 is 14.6 Å². The first-order valence-corrected chi connectivity index (χ1v) is 8.04. The van der Waals surface area contributed by atoms with Crippen LogP contribution in [-0.4, -0.2) is 59.3 Å². The molecule has 3 rings (SSSR count). The largest absolute Gasteiger partial charge is 0.379 e. The molecule has 7 heteroatoms. The summed E-state index contributed by atoms with van der Waals surface area (Å²) in [6, 6.07) is 5.30. The zero-order valence-electron chi connectivity index (χ0n) is 14.0. The minimum absolute atomic E-state index is 0.143. The van der Waals surface area contributed by atoms with Crippen LogP contribution in [0, 0.1) is 0 Å². The summed E-state index contributed by atoms with van der Waals surface area (Å²) >= 11 is 0. The van der Waals surface area contributed by atoms with Gasteiger partial charge in [-0.1, -0.05) is 5.16 Å². The highest BCUT2D eigenvalue weighted by molar-refractivity contribution is 5.93. The van der Waals surface area contributed by atoms with Gasteiger partial charge in [-0.15, -0.1) is 0 Å². The highest BCUT2D eigenvalue weighted by atomic mass is 16.5. The van der Waals surface area contributed by atoms with Crippen molar-refractivity contribution in [2.75, 3.05) is 32.8 Å². The molecule has 1 aliphatic rings. The highest BCUT2D eigenvalue weighted by Crippen LogP contribution is 2.19. The Morgan fingerprint density at radius 2 is 2.17 bits per heavy atom. The van der Waals surface area contributed by atoms with E-state index in [1.54, 1.807) is 18.5 Å². The second-order valence-electron chi connectivity index (χ2n) is 6.41. The third kappa shape index (κ3) is 3.80.